The predicted octanol–water partition coefficient (Wildman–Crippen LogP) is 2.42. The molecule has 1 amide bonds. The van der Waals surface area contributed by atoms with Gasteiger partial charge in [0.25, 0.3) is 5.91 Å². The number of morpholine rings is 1. The van der Waals surface area contributed by atoms with Gasteiger partial charge in [-0.25, -0.2) is 8.42 Å². The molecule has 2 aliphatic heterocycles. The summed E-state index contributed by atoms with van der Waals surface area (Å²) in [4.78, 5) is 15.1. The summed E-state index contributed by atoms with van der Waals surface area (Å²) in [5, 5.41) is 8.69. The van der Waals surface area contributed by atoms with Crippen LogP contribution in [0.15, 0.2) is 47.5 Å². The summed E-state index contributed by atoms with van der Waals surface area (Å²) in [7, 11) is -3.82. The third-order valence-corrected chi connectivity index (χ3v) is 8.56. The van der Waals surface area contributed by atoms with E-state index in [9.17, 15) is 13.2 Å². The van der Waals surface area contributed by atoms with E-state index in [0.717, 1.165) is 24.3 Å². The fourth-order valence-corrected chi connectivity index (χ4v) is 6.36. The summed E-state index contributed by atoms with van der Waals surface area (Å²) in [5.74, 6) is 0.655. The Morgan fingerprint density at radius 3 is 2.73 bits per heavy atom. The molecule has 0 radical (unpaired) electrons. The molecule has 174 valence electrons. The SMILES string of the molecule is O=C(c1ccc(Cl)c(S(=O)(=O)N2CCOCC2)c1)N1CCC[C@@H](c2nnc3ccccn23)C1. The second-order valence-electron chi connectivity index (χ2n) is 8.24. The number of ether oxygens (including phenoxy) is 1. The zero-order valence-corrected chi connectivity index (χ0v) is 19.5. The van der Waals surface area contributed by atoms with E-state index < -0.39 is 10.0 Å². The van der Waals surface area contributed by atoms with Gasteiger partial charge >= 0.3 is 0 Å². The summed E-state index contributed by atoms with van der Waals surface area (Å²) < 4.78 is 34.8. The van der Waals surface area contributed by atoms with E-state index >= 15 is 0 Å². The third kappa shape index (κ3) is 4.23. The Kier molecular flexibility index (Phi) is 6.09. The van der Waals surface area contributed by atoms with Crippen molar-refractivity contribution in [3.63, 3.8) is 0 Å². The summed E-state index contributed by atoms with van der Waals surface area (Å²) in [5.41, 5.74) is 1.07. The predicted molar refractivity (Wildman–Crippen MR) is 122 cm³/mol. The molecule has 5 rings (SSSR count). The second-order valence-corrected chi connectivity index (χ2v) is 10.6. The lowest BCUT2D eigenvalue weighted by Gasteiger charge is -2.32. The molecule has 2 aromatic heterocycles. The number of nitrogens with zero attached hydrogens (tertiary/aromatic N) is 5. The molecule has 0 spiro atoms. The molecule has 0 aliphatic carbocycles. The average molecular weight is 490 g/mol. The number of benzene rings is 1. The molecule has 4 heterocycles. The van der Waals surface area contributed by atoms with Crippen LogP contribution >= 0.6 is 11.6 Å². The van der Waals surface area contributed by atoms with Crippen LogP contribution in [0.3, 0.4) is 0 Å². The van der Waals surface area contributed by atoms with Crippen LogP contribution in [0, 0.1) is 0 Å². The number of hydrogen-bond donors (Lipinski definition) is 0. The molecule has 1 aromatic carbocycles. The minimum Gasteiger partial charge on any atom is -0.379 e. The standard InChI is InChI=1S/C22H24ClN5O4S/c23-18-7-6-16(14-19(18)33(30,31)27-10-12-32-13-11-27)22(29)26-8-3-4-17(15-26)21-25-24-20-5-1-2-9-28(20)21/h1-2,5-7,9,14,17H,3-4,8,10-13,15H2/t17-/m1/s1. The van der Waals surface area contributed by atoms with Crippen molar-refractivity contribution >= 4 is 33.2 Å². The van der Waals surface area contributed by atoms with Crippen LogP contribution in [0.5, 0.6) is 0 Å². The molecule has 0 unspecified atom stereocenters. The van der Waals surface area contributed by atoms with Crippen molar-refractivity contribution in [1.82, 2.24) is 23.8 Å². The van der Waals surface area contributed by atoms with Gasteiger partial charge in [0.05, 0.1) is 18.2 Å². The van der Waals surface area contributed by atoms with Crippen LogP contribution in [0.4, 0.5) is 0 Å². The molecule has 0 saturated carbocycles. The molecule has 9 nitrogen and oxygen atoms in total. The highest BCUT2D eigenvalue weighted by Crippen LogP contribution is 2.30. The molecule has 1 atom stereocenters. The van der Waals surface area contributed by atoms with Gasteiger partial charge in [-0.2, -0.15) is 4.31 Å². The number of aromatic nitrogens is 3. The molecule has 0 bridgehead atoms. The first-order valence-corrected chi connectivity index (χ1v) is 12.7. The number of sulfonamides is 1. The fraction of sp³-hybridized carbons (Fsp3) is 0.409. The summed E-state index contributed by atoms with van der Waals surface area (Å²) in [6.07, 6.45) is 3.65. The monoisotopic (exact) mass is 489 g/mol. The van der Waals surface area contributed by atoms with E-state index in [1.54, 1.807) is 11.0 Å². The van der Waals surface area contributed by atoms with Crippen molar-refractivity contribution < 1.29 is 17.9 Å². The molecule has 33 heavy (non-hydrogen) atoms. The minimum absolute atomic E-state index is 0.0453. The number of amides is 1. The van der Waals surface area contributed by atoms with Gasteiger partial charge in [0.15, 0.2) is 5.65 Å². The Hall–Kier alpha value is -2.53. The highest BCUT2D eigenvalue weighted by molar-refractivity contribution is 7.89. The first-order chi connectivity index (χ1) is 15.9. The Labute approximate surface area is 197 Å². The van der Waals surface area contributed by atoms with Crippen molar-refractivity contribution in [3.05, 3.63) is 59.0 Å². The van der Waals surface area contributed by atoms with Gasteiger partial charge in [-0.15, -0.1) is 10.2 Å². The van der Waals surface area contributed by atoms with Crippen LogP contribution in [0.2, 0.25) is 5.02 Å². The van der Waals surface area contributed by atoms with E-state index in [4.69, 9.17) is 16.3 Å². The minimum atomic E-state index is -3.82. The van der Waals surface area contributed by atoms with E-state index in [1.807, 2.05) is 28.8 Å². The second kappa shape index (κ2) is 9.02. The van der Waals surface area contributed by atoms with Crippen LogP contribution in [-0.2, 0) is 14.8 Å². The number of hydrogen-bond acceptors (Lipinski definition) is 6. The van der Waals surface area contributed by atoms with E-state index in [-0.39, 0.29) is 34.8 Å². The topological polar surface area (TPSA) is 97.1 Å². The molecular weight excluding hydrogens is 466 g/mol. The Bertz CT molecular complexity index is 1290. The lowest BCUT2D eigenvalue weighted by molar-refractivity contribution is 0.0703. The summed E-state index contributed by atoms with van der Waals surface area (Å²) in [6, 6.07) is 10.2. The molecule has 2 saturated heterocycles. The number of carbonyl (C=O) groups excluding carboxylic acids is 1. The van der Waals surface area contributed by atoms with Crippen LogP contribution in [0.25, 0.3) is 5.65 Å². The van der Waals surface area contributed by atoms with Gasteiger partial charge in [0.2, 0.25) is 10.0 Å². The Morgan fingerprint density at radius 2 is 1.91 bits per heavy atom. The maximum absolute atomic E-state index is 13.4. The maximum Gasteiger partial charge on any atom is 0.253 e. The first kappa shape index (κ1) is 22.3. The molecule has 2 aliphatic rings. The number of halogens is 1. The lowest BCUT2D eigenvalue weighted by atomic mass is 9.96. The van der Waals surface area contributed by atoms with Crippen molar-refractivity contribution in [2.45, 2.75) is 23.7 Å². The Balaban J connectivity index is 1.39. The largest absolute Gasteiger partial charge is 0.379 e. The third-order valence-electron chi connectivity index (χ3n) is 6.18. The lowest BCUT2D eigenvalue weighted by Crippen LogP contribution is -2.41. The van der Waals surface area contributed by atoms with Crippen LogP contribution in [0.1, 0.15) is 34.9 Å². The van der Waals surface area contributed by atoms with E-state index in [0.29, 0.717) is 31.9 Å². The fourth-order valence-electron chi connectivity index (χ4n) is 4.45. The maximum atomic E-state index is 13.4. The highest BCUT2D eigenvalue weighted by atomic mass is 35.5. The smallest absolute Gasteiger partial charge is 0.253 e. The van der Waals surface area contributed by atoms with Crippen LogP contribution < -0.4 is 0 Å². The van der Waals surface area contributed by atoms with E-state index in [2.05, 4.69) is 10.2 Å². The molecule has 11 heteroatoms. The summed E-state index contributed by atoms with van der Waals surface area (Å²) >= 11 is 6.26. The van der Waals surface area contributed by atoms with Gasteiger partial charge in [-0.3, -0.25) is 9.20 Å². The number of piperidine rings is 1. The quantitative estimate of drug-likeness (QED) is 0.558. The number of carbonyl (C=O) groups is 1. The summed E-state index contributed by atoms with van der Waals surface area (Å²) in [6.45, 7) is 2.28. The number of rotatable bonds is 4. The van der Waals surface area contributed by atoms with Crippen molar-refractivity contribution in [1.29, 1.82) is 0 Å². The first-order valence-electron chi connectivity index (χ1n) is 10.9. The van der Waals surface area contributed by atoms with Gasteiger partial charge in [-0.05, 0) is 43.2 Å². The molecule has 3 aromatic rings. The van der Waals surface area contributed by atoms with Gasteiger partial charge in [0.1, 0.15) is 10.7 Å². The zero-order chi connectivity index (χ0) is 23.0. The highest BCUT2D eigenvalue weighted by Gasteiger charge is 2.32. The van der Waals surface area contributed by atoms with Crippen molar-refractivity contribution in [3.8, 4) is 0 Å². The molecular formula is C22H24ClN5O4S. The number of fused-ring (bicyclic) bond motifs is 1. The van der Waals surface area contributed by atoms with Crippen LogP contribution in [-0.4, -0.2) is 77.5 Å². The van der Waals surface area contributed by atoms with Crippen molar-refractivity contribution in [2.75, 3.05) is 39.4 Å². The van der Waals surface area contributed by atoms with Gasteiger partial charge in [0, 0.05) is 43.9 Å². The average Bonchev–Trinajstić information content (AvgIpc) is 3.29. The molecule has 2 fully saturated rings. The van der Waals surface area contributed by atoms with Crippen molar-refractivity contribution in [2.24, 2.45) is 0 Å². The number of pyridine rings is 1. The normalized spacial score (nSPS) is 20.3. The Morgan fingerprint density at radius 1 is 1.09 bits per heavy atom. The molecule has 0 N–H and O–H groups in total. The van der Waals surface area contributed by atoms with Gasteiger partial charge in [-0.1, -0.05) is 17.7 Å². The zero-order valence-electron chi connectivity index (χ0n) is 17.9. The van der Waals surface area contributed by atoms with Gasteiger partial charge < -0.3 is 9.64 Å². The number of likely N-dealkylation sites (tertiary alicyclic amines) is 1. The van der Waals surface area contributed by atoms with E-state index in [1.165, 1.54) is 16.4 Å².